The fraction of sp³-hybridized carbons (Fsp3) is 0.238. The lowest BCUT2D eigenvalue weighted by atomic mass is 10.1. The zero-order valence-electron chi connectivity index (χ0n) is 15.1. The first kappa shape index (κ1) is 17.3. The van der Waals surface area contributed by atoms with E-state index in [1.165, 1.54) is 0 Å². The molecule has 1 saturated heterocycles. The molecule has 0 bridgehead atoms. The van der Waals surface area contributed by atoms with Gasteiger partial charge in [-0.3, -0.25) is 9.59 Å². The lowest BCUT2D eigenvalue weighted by Crippen LogP contribution is -2.26. The van der Waals surface area contributed by atoms with Gasteiger partial charge in [-0.25, -0.2) is 0 Å². The van der Waals surface area contributed by atoms with Gasteiger partial charge in [0.15, 0.2) is 0 Å². The van der Waals surface area contributed by atoms with Crippen molar-refractivity contribution in [2.75, 3.05) is 17.2 Å². The highest BCUT2D eigenvalue weighted by Gasteiger charge is 2.23. The maximum Gasteiger partial charge on any atom is 0.257 e. The maximum atomic E-state index is 12.7. The number of para-hydroxylation sites is 1. The molecule has 6 heteroatoms. The summed E-state index contributed by atoms with van der Waals surface area (Å²) in [7, 11) is 1.92. The van der Waals surface area contributed by atoms with E-state index in [9.17, 15) is 9.59 Å². The van der Waals surface area contributed by atoms with Crippen LogP contribution in [0.2, 0.25) is 0 Å². The lowest BCUT2D eigenvalue weighted by Gasteiger charge is -2.11. The fourth-order valence-corrected chi connectivity index (χ4v) is 3.37. The first-order chi connectivity index (χ1) is 13.1. The van der Waals surface area contributed by atoms with Crippen molar-refractivity contribution >= 4 is 34.1 Å². The van der Waals surface area contributed by atoms with Crippen molar-refractivity contribution in [3.05, 3.63) is 60.3 Å². The number of carbonyl (C=O) groups excluding carboxylic acids is 2. The van der Waals surface area contributed by atoms with Gasteiger partial charge in [0.05, 0.1) is 5.56 Å². The quantitative estimate of drug-likeness (QED) is 0.745. The van der Waals surface area contributed by atoms with Crippen LogP contribution < -0.4 is 10.6 Å². The second-order valence-electron chi connectivity index (χ2n) is 6.69. The summed E-state index contributed by atoms with van der Waals surface area (Å²) in [6.45, 7) is 0.636. The summed E-state index contributed by atoms with van der Waals surface area (Å²) in [5.41, 5.74) is 2.99. The first-order valence-electron chi connectivity index (χ1n) is 9.00. The summed E-state index contributed by atoms with van der Waals surface area (Å²) in [4.78, 5) is 24.7. The monoisotopic (exact) mass is 363 g/mol. The number of nitrogens with one attached hydrogen (secondary N) is 2. The number of rotatable bonds is 4. The molecule has 2 amide bonds. The lowest BCUT2D eigenvalue weighted by molar-refractivity contribution is -0.124. The molecule has 1 aliphatic rings. The number of benzene rings is 2. The van der Waals surface area contributed by atoms with Gasteiger partial charge in [0, 0.05) is 42.1 Å². The Morgan fingerprint density at radius 3 is 2.44 bits per heavy atom. The average Bonchev–Trinajstić information content (AvgIpc) is 3.32. The van der Waals surface area contributed by atoms with Crippen molar-refractivity contribution in [3.63, 3.8) is 0 Å². The molecule has 138 valence electrons. The number of nitrogens with zero attached hydrogens (tertiary/aromatic N) is 1. The van der Waals surface area contributed by atoms with Gasteiger partial charge in [0.2, 0.25) is 0 Å². The topological polar surface area (TPSA) is 72.4 Å². The number of hydrogen-bond donors (Lipinski definition) is 2. The Kier molecular flexibility index (Phi) is 4.64. The molecule has 0 spiro atoms. The molecular formula is C21H21N3O3. The molecule has 2 N–H and O–H groups in total. The molecule has 0 unspecified atom stereocenters. The van der Waals surface area contributed by atoms with Crippen molar-refractivity contribution in [1.29, 1.82) is 0 Å². The Labute approximate surface area is 157 Å². The van der Waals surface area contributed by atoms with Gasteiger partial charge < -0.3 is 19.9 Å². The third-order valence-electron chi connectivity index (χ3n) is 4.77. The Morgan fingerprint density at radius 1 is 1.04 bits per heavy atom. The minimum atomic E-state index is -0.365. The summed E-state index contributed by atoms with van der Waals surface area (Å²) in [5, 5.41) is 6.67. The molecule has 6 nitrogen and oxygen atoms in total. The van der Waals surface area contributed by atoms with E-state index in [4.69, 9.17) is 4.74 Å². The predicted octanol–water partition coefficient (Wildman–Crippen LogP) is 3.55. The summed E-state index contributed by atoms with van der Waals surface area (Å²) in [6.07, 6.45) is 3.13. The fourth-order valence-electron chi connectivity index (χ4n) is 3.37. The third-order valence-corrected chi connectivity index (χ3v) is 4.77. The Bertz CT molecular complexity index is 986. The van der Waals surface area contributed by atoms with E-state index in [2.05, 4.69) is 10.6 Å². The minimum Gasteiger partial charge on any atom is -0.368 e. The van der Waals surface area contributed by atoms with E-state index >= 15 is 0 Å². The molecule has 3 aromatic rings. The first-order valence-corrected chi connectivity index (χ1v) is 9.00. The van der Waals surface area contributed by atoms with Gasteiger partial charge >= 0.3 is 0 Å². The van der Waals surface area contributed by atoms with Gasteiger partial charge in [0.1, 0.15) is 6.10 Å². The maximum absolute atomic E-state index is 12.7. The normalized spacial score (nSPS) is 16.4. The predicted molar refractivity (Wildman–Crippen MR) is 105 cm³/mol. The van der Waals surface area contributed by atoms with E-state index in [-0.39, 0.29) is 17.9 Å². The summed E-state index contributed by atoms with van der Waals surface area (Å²) >= 11 is 0. The van der Waals surface area contributed by atoms with Gasteiger partial charge in [-0.1, -0.05) is 18.2 Å². The average molecular weight is 363 g/mol. The summed E-state index contributed by atoms with van der Waals surface area (Å²) in [6, 6.07) is 14.9. The number of carbonyl (C=O) groups is 2. The molecule has 1 aliphatic heterocycles. The van der Waals surface area contributed by atoms with E-state index < -0.39 is 0 Å². The Morgan fingerprint density at radius 2 is 1.74 bits per heavy atom. The van der Waals surface area contributed by atoms with Crippen molar-refractivity contribution in [3.8, 4) is 0 Å². The van der Waals surface area contributed by atoms with Crippen LogP contribution in [0.5, 0.6) is 0 Å². The zero-order valence-corrected chi connectivity index (χ0v) is 15.1. The molecule has 1 aromatic heterocycles. The van der Waals surface area contributed by atoms with Crippen LogP contribution >= 0.6 is 0 Å². The Hall–Kier alpha value is -3.12. The van der Waals surface area contributed by atoms with Crippen LogP contribution in [0.4, 0.5) is 11.4 Å². The molecule has 2 aromatic carbocycles. The van der Waals surface area contributed by atoms with E-state index in [0.717, 1.165) is 23.7 Å². The molecule has 0 radical (unpaired) electrons. The van der Waals surface area contributed by atoms with Crippen molar-refractivity contribution < 1.29 is 14.3 Å². The molecule has 1 atom stereocenters. The number of aromatic nitrogens is 1. The number of anilines is 2. The SMILES string of the molecule is Cn1cc(C(=O)Nc2ccc(NC(=O)[C@@H]3CCCO3)cc2)c2ccccc21. The van der Waals surface area contributed by atoms with Crippen molar-refractivity contribution in [1.82, 2.24) is 4.57 Å². The second-order valence-corrected chi connectivity index (χ2v) is 6.69. The van der Waals surface area contributed by atoms with E-state index in [1.807, 2.05) is 42.1 Å². The van der Waals surface area contributed by atoms with Crippen LogP contribution in [0, 0.1) is 0 Å². The largest absolute Gasteiger partial charge is 0.368 e. The molecule has 0 saturated carbocycles. The number of amides is 2. The highest BCUT2D eigenvalue weighted by molar-refractivity contribution is 6.13. The van der Waals surface area contributed by atoms with E-state index in [0.29, 0.717) is 23.5 Å². The number of hydrogen-bond acceptors (Lipinski definition) is 3. The van der Waals surface area contributed by atoms with Crippen LogP contribution in [0.1, 0.15) is 23.2 Å². The highest BCUT2D eigenvalue weighted by atomic mass is 16.5. The highest BCUT2D eigenvalue weighted by Crippen LogP contribution is 2.22. The minimum absolute atomic E-state index is 0.125. The van der Waals surface area contributed by atoms with E-state index in [1.54, 1.807) is 24.3 Å². The standard InChI is InChI=1S/C21H21N3O3/c1-24-13-17(16-5-2-3-6-18(16)24)20(25)22-14-8-10-15(11-9-14)23-21(26)19-7-4-12-27-19/h2-3,5-6,8-11,13,19H,4,7,12H2,1H3,(H,22,25)(H,23,26)/t19-/m0/s1. The molecule has 0 aliphatic carbocycles. The number of ether oxygens (including phenoxy) is 1. The summed E-state index contributed by atoms with van der Waals surface area (Å²) in [5.74, 6) is -0.289. The van der Waals surface area contributed by atoms with Crippen molar-refractivity contribution in [2.45, 2.75) is 18.9 Å². The second kappa shape index (κ2) is 7.25. The molecule has 27 heavy (non-hydrogen) atoms. The Balaban J connectivity index is 1.44. The smallest absolute Gasteiger partial charge is 0.257 e. The number of fused-ring (bicyclic) bond motifs is 1. The van der Waals surface area contributed by atoms with Gasteiger partial charge in [-0.2, -0.15) is 0 Å². The molecular weight excluding hydrogens is 342 g/mol. The zero-order chi connectivity index (χ0) is 18.8. The van der Waals surface area contributed by atoms with Crippen LogP contribution in [-0.2, 0) is 16.6 Å². The van der Waals surface area contributed by atoms with Crippen LogP contribution in [0.25, 0.3) is 10.9 Å². The van der Waals surface area contributed by atoms with Gasteiger partial charge in [-0.05, 0) is 43.2 Å². The van der Waals surface area contributed by atoms with Crippen LogP contribution in [-0.4, -0.2) is 29.1 Å². The number of aryl methyl sites for hydroxylation is 1. The van der Waals surface area contributed by atoms with Gasteiger partial charge in [-0.15, -0.1) is 0 Å². The van der Waals surface area contributed by atoms with Gasteiger partial charge in [0.25, 0.3) is 11.8 Å². The van der Waals surface area contributed by atoms with Crippen LogP contribution in [0.15, 0.2) is 54.7 Å². The van der Waals surface area contributed by atoms with Crippen LogP contribution in [0.3, 0.4) is 0 Å². The summed E-state index contributed by atoms with van der Waals surface area (Å²) < 4.78 is 7.32. The molecule has 4 rings (SSSR count). The molecule has 2 heterocycles. The molecule has 1 fully saturated rings. The third kappa shape index (κ3) is 3.57. The van der Waals surface area contributed by atoms with Crippen molar-refractivity contribution in [2.24, 2.45) is 7.05 Å².